The molecular formula is C15H19BrN3O+. The molecule has 3 heterocycles. The molecule has 20 heavy (non-hydrogen) atoms. The van der Waals surface area contributed by atoms with Crippen LogP contribution in [0, 0.1) is 5.92 Å². The van der Waals surface area contributed by atoms with E-state index in [0.29, 0.717) is 0 Å². The lowest BCUT2D eigenvalue weighted by Crippen LogP contribution is -3.12. The van der Waals surface area contributed by atoms with E-state index in [4.69, 9.17) is 0 Å². The second-order valence-electron chi connectivity index (χ2n) is 5.79. The van der Waals surface area contributed by atoms with Crippen molar-refractivity contribution in [2.75, 3.05) is 13.1 Å². The minimum absolute atomic E-state index is 0.00393. The van der Waals surface area contributed by atoms with Gasteiger partial charge in [-0.1, -0.05) is 6.92 Å². The Morgan fingerprint density at radius 2 is 2.35 bits per heavy atom. The van der Waals surface area contributed by atoms with Gasteiger partial charge in [-0.2, -0.15) is 0 Å². The number of rotatable bonds is 2. The van der Waals surface area contributed by atoms with Gasteiger partial charge in [-0.15, -0.1) is 0 Å². The lowest BCUT2D eigenvalue weighted by Gasteiger charge is -2.27. The van der Waals surface area contributed by atoms with E-state index in [1.165, 1.54) is 30.8 Å². The van der Waals surface area contributed by atoms with Crippen LogP contribution in [-0.4, -0.2) is 22.5 Å². The van der Waals surface area contributed by atoms with Gasteiger partial charge in [0, 0.05) is 22.7 Å². The molecule has 1 fully saturated rings. The van der Waals surface area contributed by atoms with Crippen LogP contribution in [0.5, 0.6) is 0 Å². The van der Waals surface area contributed by atoms with Crippen LogP contribution in [0.3, 0.4) is 0 Å². The van der Waals surface area contributed by atoms with Crippen molar-refractivity contribution in [1.82, 2.24) is 9.38 Å². The molecule has 0 amide bonds. The van der Waals surface area contributed by atoms with Crippen molar-refractivity contribution in [3.05, 3.63) is 44.9 Å². The van der Waals surface area contributed by atoms with E-state index >= 15 is 0 Å². The maximum Gasteiger partial charge on any atom is 0.258 e. The van der Waals surface area contributed by atoms with Gasteiger partial charge in [0.15, 0.2) is 0 Å². The smallest absolute Gasteiger partial charge is 0.258 e. The molecule has 1 saturated heterocycles. The number of hydrogen-bond acceptors (Lipinski definition) is 2. The molecule has 2 atom stereocenters. The van der Waals surface area contributed by atoms with E-state index in [1.807, 2.05) is 12.1 Å². The van der Waals surface area contributed by atoms with Gasteiger partial charge in [0.05, 0.1) is 13.1 Å². The van der Waals surface area contributed by atoms with E-state index in [1.54, 1.807) is 16.7 Å². The SMILES string of the molecule is C[C@@H]1CCC[NH+](Cc2cc(=O)n3cc(Br)ccc3n2)C1. The third-order valence-corrected chi connectivity index (χ3v) is 4.44. The van der Waals surface area contributed by atoms with Gasteiger partial charge in [0.2, 0.25) is 0 Å². The third-order valence-electron chi connectivity index (χ3n) is 3.97. The highest BCUT2D eigenvalue weighted by atomic mass is 79.9. The molecule has 0 radical (unpaired) electrons. The van der Waals surface area contributed by atoms with E-state index < -0.39 is 0 Å². The molecule has 2 aromatic rings. The Bertz CT molecular complexity index is 682. The van der Waals surface area contributed by atoms with Crippen molar-refractivity contribution in [3.8, 4) is 0 Å². The molecule has 1 unspecified atom stereocenters. The first kappa shape index (κ1) is 13.8. The van der Waals surface area contributed by atoms with Crippen molar-refractivity contribution in [2.24, 2.45) is 5.92 Å². The standard InChI is InChI=1S/C15H18BrN3O/c1-11-3-2-6-18(8-11)10-13-7-15(20)19-9-12(16)4-5-14(19)17-13/h4-5,7,9,11H,2-3,6,8,10H2,1H3/p+1/t11-/m1/s1. The number of aromatic nitrogens is 2. The molecule has 4 nitrogen and oxygen atoms in total. The van der Waals surface area contributed by atoms with Crippen LogP contribution in [-0.2, 0) is 6.54 Å². The Balaban J connectivity index is 1.89. The number of nitrogens with one attached hydrogen (secondary N) is 1. The largest absolute Gasteiger partial charge is 0.330 e. The molecule has 3 rings (SSSR count). The van der Waals surface area contributed by atoms with E-state index in [-0.39, 0.29) is 5.56 Å². The molecule has 1 N–H and O–H groups in total. The second kappa shape index (κ2) is 5.66. The number of quaternary nitrogens is 1. The third kappa shape index (κ3) is 2.94. The van der Waals surface area contributed by atoms with Gasteiger partial charge in [0.1, 0.15) is 17.9 Å². The molecule has 0 spiro atoms. The summed E-state index contributed by atoms with van der Waals surface area (Å²) in [5.41, 5.74) is 1.62. The summed E-state index contributed by atoms with van der Waals surface area (Å²) in [5.74, 6) is 0.774. The van der Waals surface area contributed by atoms with Crippen LogP contribution >= 0.6 is 15.9 Å². The second-order valence-corrected chi connectivity index (χ2v) is 6.71. The number of halogens is 1. The van der Waals surface area contributed by atoms with Crippen LogP contribution in [0.1, 0.15) is 25.5 Å². The Morgan fingerprint density at radius 1 is 1.50 bits per heavy atom. The molecular weight excluding hydrogens is 318 g/mol. The summed E-state index contributed by atoms with van der Waals surface area (Å²) in [7, 11) is 0. The zero-order valence-corrected chi connectivity index (χ0v) is 13.2. The average molecular weight is 337 g/mol. The fourth-order valence-electron chi connectivity index (χ4n) is 3.03. The first-order valence-electron chi connectivity index (χ1n) is 7.13. The Hall–Kier alpha value is -1.20. The summed E-state index contributed by atoms with van der Waals surface area (Å²) >= 11 is 3.38. The van der Waals surface area contributed by atoms with Crippen LogP contribution in [0.4, 0.5) is 0 Å². The van der Waals surface area contributed by atoms with E-state index in [2.05, 4.69) is 27.8 Å². The average Bonchev–Trinajstić information content (AvgIpc) is 2.40. The van der Waals surface area contributed by atoms with E-state index in [9.17, 15) is 4.79 Å². The zero-order chi connectivity index (χ0) is 14.1. The highest BCUT2D eigenvalue weighted by molar-refractivity contribution is 9.10. The number of pyridine rings is 1. The first-order valence-corrected chi connectivity index (χ1v) is 7.92. The summed E-state index contributed by atoms with van der Waals surface area (Å²) < 4.78 is 2.47. The molecule has 2 aromatic heterocycles. The lowest BCUT2D eigenvalue weighted by molar-refractivity contribution is -0.922. The summed E-state index contributed by atoms with van der Waals surface area (Å²) in [6, 6.07) is 5.47. The van der Waals surface area contributed by atoms with Crippen molar-refractivity contribution in [3.63, 3.8) is 0 Å². The molecule has 106 valence electrons. The van der Waals surface area contributed by atoms with Crippen LogP contribution < -0.4 is 10.5 Å². The van der Waals surface area contributed by atoms with Crippen molar-refractivity contribution < 1.29 is 4.90 Å². The van der Waals surface area contributed by atoms with Crippen molar-refractivity contribution in [1.29, 1.82) is 0 Å². The number of fused-ring (bicyclic) bond motifs is 1. The Kier molecular flexibility index (Phi) is 3.89. The molecule has 0 saturated carbocycles. The predicted octanol–water partition coefficient (Wildman–Crippen LogP) is 1.27. The maximum absolute atomic E-state index is 12.2. The normalized spacial score (nSPS) is 23.1. The fourth-order valence-corrected chi connectivity index (χ4v) is 3.37. The van der Waals surface area contributed by atoms with Crippen LogP contribution in [0.25, 0.3) is 5.65 Å². The number of piperidine rings is 1. The molecule has 1 aliphatic heterocycles. The monoisotopic (exact) mass is 336 g/mol. The van der Waals surface area contributed by atoms with Gasteiger partial charge >= 0.3 is 0 Å². The van der Waals surface area contributed by atoms with E-state index in [0.717, 1.165) is 28.3 Å². The minimum Gasteiger partial charge on any atom is -0.330 e. The Morgan fingerprint density at radius 3 is 3.15 bits per heavy atom. The molecule has 0 aromatic carbocycles. The highest BCUT2D eigenvalue weighted by Crippen LogP contribution is 2.09. The molecule has 0 bridgehead atoms. The summed E-state index contributed by atoms with van der Waals surface area (Å²) in [4.78, 5) is 18.3. The lowest BCUT2D eigenvalue weighted by atomic mass is 10.0. The number of likely N-dealkylation sites (tertiary alicyclic amines) is 1. The number of nitrogens with zero attached hydrogens (tertiary/aromatic N) is 2. The minimum atomic E-state index is -0.00393. The number of hydrogen-bond donors (Lipinski definition) is 1. The summed E-state index contributed by atoms with van der Waals surface area (Å²) in [6.07, 6.45) is 4.37. The van der Waals surface area contributed by atoms with Gasteiger partial charge in [-0.3, -0.25) is 9.20 Å². The molecule has 5 heteroatoms. The molecule has 0 aliphatic carbocycles. The van der Waals surface area contributed by atoms with Gasteiger partial charge < -0.3 is 4.90 Å². The summed E-state index contributed by atoms with van der Waals surface area (Å²) in [5, 5.41) is 0. The predicted molar refractivity (Wildman–Crippen MR) is 82.0 cm³/mol. The topological polar surface area (TPSA) is 38.8 Å². The van der Waals surface area contributed by atoms with Gasteiger partial charge in [-0.05, 0) is 40.9 Å². The first-order chi connectivity index (χ1) is 9.61. The molecule has 1 aliphatic rings. The maximum atomic E-state index is 12.2. The fraction of sp³-hybridized carbons (Fsp3) is 0.467. The van der Waals surface area contributed by atoms with Crippen LogP contribution in [0.15, 0.2) is 33.7 Å². The quantitative estimate of drug-likeness (QED) is 0.897. The summed E-state index contributed by atoms with van der Waals surface area (Å²) in [6.45, 7) is 5.53. The van der Waals surface area contributed by atoms with Crippen molar-refractivity contribution in [2.45, 2.75) is 26.3 Å². The Labute approximate surface area is 126 Å². The van der Waals surface area contributed by atoms with Gasteiger partial charge in [-0.25, -0.2) is 4.98 Å². The van der Waals surface area contributed by atoms with Gasteiger partial charge in [0.25, 0.3) is 5.56 Å². The van der Waals surface area contributed by atoms with Crippen molar-refractivity contribution >= 4 is 21.6 Å². The van der Waals surface area contributed by atoms with Crippen LogP contribution in [0.2, 0.25) is 0 Å². The highest BCUT2D eigenvalue weighted by Gasteiger charge is 2.20. The zero-order valence-electron chi connectivity index (χ0n) is 11.6.